The molecule has 0 spiro atoms. The van der Waals surface area contributed by atoms with Crippen LogP contribution < -0.4 is 0 Å². The van der Waals surface area contributed by atoms with E-state index in [4.69, 9.17) is 9.40 Å². The number of hydrogen-bond donors (Lipinski definition) is 0. The molecule has 2 heteroatoms. The standard InChI is InChI=1S/C54H33NO/c1-32-23-28-50-51(29-32)56-54(55-50)49-31-48(41-22-10-16-35-13-4-7-19-38(35)41)44-25-24-42-46(39-20-8-14-33-11-2-5-17-36(33)39)30-47(43-26-27-45(49)53(44)52(42)43)40-21-9-15-34-12-3-6-18-37(34)40/h2-31H,1H3. The van der Waals surface area contributed by atoms with Gasteiger partial charge in [-0.1, -0.05) is 158 Å². The summed E-state index contributed by atoms with van der Waals surface area (Å²) < 4.78 is 6.67. The molecule has 12 rings (SSSR count). The highest BCUT2D eigenvalue weighted by Crippen LogP contribution is 2.50. The van der Waals surface area contributed by atoms with Gasteiger partial charge < -0.3 is 4.42 Å². The third-order valence-electron chi connectivity index (χ3n) is 11.9. The highest BCUT2D eigenvalue weighted by molar-refractivity contribution is 6.33. The Labute approximate surface area is 323 Å². The van der Waals surface area contributed by atoms with Gasteiger partial charge in [0.2, 0.25) is 5.89 Å². The minimum absolute atomic E-state index is 0.633. The zero-order chi connectivity index (χ0) is 36.9. The summed E-state index contributed by atoms with van der Waals surface area (Å²) in [4.78, 5) is 5.14. The van der Waals surface area contributed by atoms with Crippen molar-refractivity contribution in [3.63, 3.8) is 0 Å². The first kappa shape index (κ1) is 31.1. The van der Waals surface area contributed by atoms with Gasteiger partial charge in [-0.15, -0.1) is 0 Å². The molecule has 0 amide bonds. The first-order chi connectivity index (χ1) is 27.7. The van der Waals surface area contributed by atoms with E-state index in [9.17, 15) is 0 Å². The molecule has 0 saturated carbocycles. The number of aromatic nitrogens is 1. The summed E-state index contributed by atoms with van der Waals surface area (Å²) in [5.74, 6) is 0.633. The van der Waals surface area contributed by atoms with Crippen LogP contribution in [0.1, 0.15) is 5.56 Å². The van der Waals surface area contributed by atoms with Crippen LogP contribution in [-0.2, 0) is 0 Å². The Balaban J connectivity index is 1.29. The van der Waals surface area contributed by atoms with Gasteiger partial charge in [0.1, 0.15) is 5.52 Å². The van der Waals surface area contributed by atoms with Crippen LogP contribution in [0.15, 0.2) is 186 Å². The highest BCUT2D eigenvalue weighted by Gasteiger charge is 2.24. The molecule has 0 aliphatic heterocycles. The SMILES string of the molecule is Cc1ccc2nc(-c3cc(-c4cccc5ccccc45)c4ccc5c(-c6cccc7ccccc67)cc(-c6cccc7ccccc67)c6ccc3c4c65)oc2c1. The van der Waals surface area contributed by atoms with E-state index in [-0.39, 0.29) is 0 Å². The molecule has 1 aromatic heterocycles. The second-order valence-corrected chi connectivity index (χ2v) is 15.1. The van der Waals surface area contributed by atoms with Gasteiger partial charge in [0.25, 0.3) is 0 Å². The molecule has 0 N–H and O–H groups in total. The predicted molar refractivity (Wildman–Crippen MR) is 237 cm³/mol. The van der Waals surface area contributed by atoms with E-state index >= 15 is 0 Å². The van der Waals surface area contributed by atoms with Gasteiger partial charge >= 0.3 is 0 Å². The second kappa shape index (κ2) is 11.9. The number of benzene rings is 11. The summed E-state index contributed by atoms with van der Waals surface area (Å²) in [5, 5.41) is 14.7. The minimum Gasteiger partial charge on any atom is -0.436 e. The monoisotopic (exact) mass is 711 g/mol. The minimum atomic E-state index is 0.633. The van der Waals surface area contributed by atoms with Gasteiger partial charge in [0.15, 0.2) is 5.58 Å². The van der Waals surface area contributed by atoms with Crippen molar-refractivity contribution < 1.29 is 4.42 Å². The Bertz CT molecular complexity index is 3440. The lowest BCUT2D eigenvalue weighted by molar-refractivity contribution is 0.620. The zero-order valence-corrected chi connectivity index (χ0v) is 30.7. The Kier molecular flexibility index (Phi) is 6.58. The largest absolute Gasteiger partial charge is 0.436 e. The van der Waals surface area contributed by atoms with Crippen molar-refractivity contribution in [3.8, 4) is 44.8 Å². The second-order valence-electron chi connectivity index (χ2n) is 15.1. The van der Waals surface area contributed by atoms with E-state index in [1.54, 1.807) is 0 Å². The van der Waals surface area contributed by atoms with Crippen LogP contribution >= 0.6 is 0 Å². The first-order valence-corrected chi connectivity index (χ1v) is 19.3. The molecule has 1 heterocycles. The lowest BCUT2D eigenvalue weighted by Gasteiger charge is -2.22. The average molecular weight is 712 g/mol. The smallest absolute Gasteiger partial charge is 0.227 e. The van der Waals surface area contributed by atoms with Crippen LogP contribution in [0.25, 0.3) is 121 Å². The van der Waals surface area contributed by atoms with Crippen molar-refractivity contribution in [1.29, 1.82) is 0 Å². The van der Waals surface area contributed by atoms with Crippen molar-refractivity contribution >= 4 is 75.7 Å². The molecule has 0 saturated heterocycles. The molecule has 0 radical (unpaired) electrons. The molecule has 56 heavy (non-hydrogen) atoms. The molecule has 11 aromatic carbocycles. The van der Waals surface area contributed by atoms with Gasteiger partial charge in [-0.3, -0.25) is 0 Å². The van der Waals surface area contributed by atoms with Crippen molar-refractivity contribution in [2.24, 2.45) is 0 Å². The molecule has 2 nitrogen and oxygen atoms in total. The Morgan fingerprint density at radius 3 is 1.23 bits per heavy atom. The molecule has 0 bridgehead atoms. The Morgan fingerprint density at radius 1 is 0.339 bits per heavy atom. The third kappa shape index (κ3) is 4.53. The van der Waals surface area contributed by atoms with Crippen molar-refractivity contribution in [3.05, 3.63) is 188 Å². The summed E-state index contributed by atoms with van der Waals surface area (Å²) in [6, 6.07) is 66.6. The van der Waals surface area contributed by atoms with E-state index in [1.165, 1.54) is 92.6 Å². The molecule has 0 fully saturated rings. The number of nitrogens with zero attached hydrogens (tertiary/aromatic N) is 1. The first-order valence-electron chi connectivity index (χ1n) is 19.3. The van der Waals surface area contributed by atoms with E-state index < -0.39 is 0 Å². The lowest BCUT2D eigenvalue weighted by atomic mass is 9.81. The van der Waals surface area contributed by atoms with Crippen LogP contribution in [0.2, 0.25) is 0 Å². The van der Waals surface area contributed by atoms with Gasteiger partial charge in [-0.25, -0.2) is 4.98 Å². The van der Waals surface area contributed by atoms with E-state index in [2.05, 4.69) is 189 Å². The van der Waals surface area contributed by atoms with Crippen LogP contribution in [0.4, 0.5) is 0 Å². The quantitative estimate of drug-likeness (QED) is 0.170. The molecular weight excluding hydrogens is 679 g/mol. The maximum Gasteiger partial charge on any atom is 0.227 e. The summed E-state index contributed by atoms with van der Waals surface area (Å²) in [7, 11) is 0. The summed E-state index contributed by atoms with van der Waals surface area (Å²) in [5.41, 5.74) is 11.1. The van der Waals surface area contributed by atoms with Gasteiger partial charge in [0, 0.05) is 5.56 Å². The van der Waals surface area contributed by atoms with Crippen molar-refractivity contribution in [2.45, 2.75) is 6.92 Å². The zero-order valence-electron chi connectivity index (χ0n) is 30.7. The third-order valence-corrected chi connectivity index (χ3v) is 11.9. The lowest BCUT2D eigenvalue weighted by Crippen LogP contribution is -1.95. The van der Waals surface area contributed by atoms with Crippen molar-refractivity contribution in [1.82, 2.24) is 4.98 Å². The number of oxazole rings is 1. The molecule has 260 valence electrons. The maximum atomic E-state index is 6.67. The van der Waals surface area contributed by atoms with E-state index in [1.807, 2.05) is 0 Å². The predicted octanol–water partition coefficient (Wildman–Crippen LogP) is 15.2. The molecule has 0 atom stereocenters. The fourth-order valence-electron chi connectivity index (χ4n) is 9.37. The average Bonchev–Trinajstić information content (AvgIpc) is 3.68. The summed E-state index contributed by atoms with van der Waals surface area (Å²) in [6.45, 7) is 2.09. The fraction of sp³-hybridized carbons (Fsp3) is 0.0185. The highest BCUT2D eigenvalue weighted by atomic mass is 16.3. The fourth-order valence-corrected chi connectivity index (χ4v) is 9.37. The van der Waals surface area contributed by atoms with Gasteiger partial charge in [-0.2, -0.15) is 0 Å². The molecule has 12 aromatic rings. The Hall–Kier alpha value is -7.29. The number of rotatable bonds is 4. The molecule has 0 unspecified atom stereocenters. The molecule has 0 aliphatic carbocycles. The summed E-state index contributed by atoms with van der Waals surface area (Å²) >= 11 is 0. The van der Waals surface area contributed by atoms with Gasteiger partial charge in [0.05, 0.1) is 0 Å². The molecule has 0 aliphatic rings. The number of fused-ring (bicyclic) bond motifs is 4. The molecular formula is C54H33NO. The number of aryl methyl sites for hydroxylation is 1. The van der Waals surface area contributed by atoms with Crippen LogP contribution in [0, 0.1) is 6.92 Å². The van der Waals surface area contributed by atoms with Crippen LogP contribution in [0.3, 0.4) is 0 Å². The normalized spacial score (nSPS) is 12.0. The topological polar surface area (TPSA) is 26.0 Å². The Morgan fingerprint density at radius 2 is 0.750 bits per heavy atom. The summed E-state index contributed by atoms with van der Waals surface area (Å²) in [6.07, 6.45) is 0. The number of hydrogen-bond acceptors (Lipinski definition) is 2. The van der Waals surface area contributed by atoms with Crippen LogP contribution in [0.5, 0.6) is 0 Å². The van der Waals surface area contributed by atoms with Crippen molar-refractivity contribution in [2.75, 3.05) is 0 Å². The van der Waals surface area contributed by atoms with Gasteiger partial charge in [-0.05, 0) is 135 Å². The van der Waals surface area contributed by atoms with Crippen LogP contribution in [-0.4, -0.2) is 4.98 Å². The van der Waals surface area contributed by atoms with E-state index in [0.717, 1.165) is 27.6 Å². The van der Waals surface area contributed by atoms with E-state index in [0.29, 0.717) is 5.89 Å². The maximum absolute atomic E-state index is 6.67.